The van der Waals surface area contributed by atoms with Crippen molar-refractivity contribution in [3.8, 4) is 17.1 Å². The molecule has 13 aromatic rings. The highest BCUT2D eigenvalue weighted by Crippen LogP contribution is 2.36. The highest BCUT2D eigenvalue weighted by molar-refractivity contribution is 6.34. The fraction of sp³-hybridized carbons (Fsp3) is 0.326. The van der Waals surface area contributed by atoms with Gasteiger partial charge in [-0.15, -0.1) is 9.36 Å². The summed E-state index contributed by atoms with van der Waals surface area (Å²) in [5.41, 5.74) is 19.7. The molecule has 10 heterocycles. The lowest BCUT2D eigenvalue weighted by Gasteiger charge is -2.23. The highest BCUT2D eigenvalue weighted by atomic mass is 19.4. The van der Waals surface area contributed by atoms with E-state index in [1.807, 2.05) is 28.1 Å². The number of aryl methyl sites for hydroxylation is 12. The van der Waals surface area contributed by atoms with Gasteiger partial charge in [-0.1, -0.05) is 213 Å². The smallest absolute Gasteiger partial charge is 0.762 e. The first-order valence-electron chi connectivity index (χ1n) is 40.0. The lowest BCUT2D eigenvalue weighted by Crippen LogP contribution is -3.00. The molecular formula is C86H96B5F20N15O. The van der Waals surface area contributed by atoms with E-state index in [0.717, 1.165) is 69.3 Å². The first-order valence-corrected chi connectivity index (χ1v) is 40.0. The van der Waals surface area contributed by atoms with E-state index in [9.17, 15) is 64.7 Å². The Hall–Kier alpha value is -11.7. The lowest BCUT2D eigenvalue weighted by atomic mass is 10.0. The van der Waals surface area contributed by atoms with Crippen LogP contribution in [0.15, 0.2) is 232 Å². The number of para-hydroxylation sites is 1. The zero-order chi connectivity index (χ0) is 87.7. The third-order valence-electron chi connectivity index (χ3n) is 21.3. The van der Waals surface area contributed by atoms with Crippen molar-refractivity contribution in [2.24, 2.45) is 14.1 Å². The molecule has 1 unspecified atom stereocenters. The number of ether oxygens (including phenoxy) is 1. The average molecular weight is 1790 g/mol. The van der Waals surface area contributed by atoms with Crippen molar-refractivity contribution in [3.05, 3.63) is 328 Å². The van der Waals surface area contributed by atoms with Crippen LogP contribution in [0, 0.1) is 41.5 Å². The Morgan fingerprint density at radius 1 is 0.331 bits per heavy atom. The summed E-state index contributed by atoms with van der Waals surface area (Å²) in [6.45, 7) is 13.5. The predicted octanol–water partition coefficient (Wildman–Crippen LogP) is 2.13. The molecule has 6 aliphatic rings. The molecule has 16 nitrogen and oxygen atoms in total. The van der Waals surface area contributed by atoms with Crippen LogP contribution in [-0.2, 0) is 83.2 Å². The van der Waals surface area contributed by atoms with Crippen LogP contribution in [0.2, 0.25) is 0 Å². The van der Waals surface area contributed by atoms with Crippen LogP contribution in [0.3, 0.4) is 0 Å². The molecule has 127 heavy (non-hydrogen) atoms. The molecule has 0 amide bonds. The first kappa shape index (κ1) is 106. The van der Waals surface area contributed by atoms with Crippen molar-refractivity contribution in [3.63, 3.8) is 0 Å². The number of hydrogen-bond acceptors (Lipinski definition) is 6. The van der Waals surface area contributed by atoms with Crippen LogP contribution in [0.4, 0.5) is 64.7 Å². The molecule has 0 N–H and O–H groups in total. The summed E-state index contributed by atoms with van der Waals surface area (Å²) in [4.78, 5) is 0. The van der Waals surface area contributed by atoms with E-state index in [1.54, 1.807) is 0 Å². The molecule has 41 heteroatoms. The second kappa shape index (κ2) is 51.2. The van der Waals surface area contributed by atoms with Crippen LogP contribution >= 0.6 is 0 Å². The van der Waals surface area contributed by atoms with Gasteiger partial charge in [-0.2, -0.15) is 0 Å². The molecule has 1 aliphatic carbocycles. The molecule has 19 rings (SSSR count). The third kappa shape index (κ3) is 30.8. The highest BCUT2D eigenvalue weighted by Gasteiger charge is 2.43. The molecule has 0 bridgehead atoms. The zero-order valence-electron chi connectivity index (χ0n) is 70.9. The minimum Gasteiger partial charge on any atom is -1.00 e. The van der Waals surface area contributed by atoms with Gasteiger partial charge in [0.05, 0.1) is 38.3 Å². The molecular weight excluding hydrogens is 1690 g/mol. The summed E-state index contributed by atoms with van der Waals surface area (Å²) in [6, 6.07) is 73.4. The van der Waals surface area contributed by atoms with Gasteiger partial charge in [0, 0.05) is 83.3 Å². The standard InChI is InChI=1S/C21H24N3.C20H22N3.C19H20N3.C13H14N3O.C13H16N3.5BF3.5FH/c1-15-11-16(2)21(17(3)12-15)24-14-23-19(9-10-20(23)22-24)13-18-7-5-4-6-8-18;1-15-7-6-8-16(2)20(15)23-14-22-18(11-12-19(22)21-23)13-17-9-4-3-5-10-17;1-15-7-9-17(10-8-15)22-14-21-18(11-12-19(21)20-22)13-16-5-3-2-4-6-16;1-15-8-16-12(14-15)7-17-11-6-9-4-2-3-5-10(9)13(11)16;1-15-10-16-12(7-8-13(16)14-15)9-11-5-3-2-4-6-11;5*2-1(3)4;;;;;/h4-8,11-12,14,19H,9-10,13H2,1-3H3;3-10,14,18H,11-13H2,1-2H3;2-10,14,18H,11-13H2,1H3;2-5,8,11,13H,6-7H2,1H3;2-6,10,12H,7-9H2,1H3;;;;;;5*1H/q5*+1;;;;;;;;;;/p-5/t19-;2*18-;11?,13-;12-;;;;;;;;;;/m11101........../s1. The predicted molar refractivity (Wildman–Crippen MR) is 439 cm³/mol. The zero-order valence-corrected chi connectivity index (χ0v) is 70.9. The topological polar surface area (TPSA) is 118 Å². The summed E-state index contributed by atoms with van der Waals surface area (Å²) >= 11 is 0. The number of benzene rings is 8. The third-order valence-corrected chi connectivity index (χ3v) is 21.3. The van der Waals surface area contributed by atoms with Gasteiger partial charge < -0.3 is 28.3 Å². The van der Waals surface area contributed by atoms with Crippen molar-refractivity contribution < 1.29 is 116 Å². The second-order valence-electron chi connectivity index (χ2n) is 30.2. The second-order valence-corrected chi connectivity index (χ2v) is 30.2. The fourth-order valence-corrected chi connectivity index (χ4v) is 16.5. The fourth-order valence-electron chi connectivity index (χ4n) is 16.5. The molecule has 5 aromatic heterocycles. The lowest BCUT2D eigenvalue weighted by molar-refractivity contribution is -0.739. The molecule has 8 aromatic carbocycles. The Labute approximate surface area is 726 Å². The van der Waals surface area contributed by atoms with Gasteiger partial charge in [-0.25, -0.2) is 22.8 Å². The minimum atomic E-state index is -3.67. The van der Waals surface area contributed by atoms with Gasteiger partial charge in [-0.05, 0) is 135 Å². The van der Waals surface area contributed by atoms with Gasteiger partial charge in [-0.3, -0.25) is 64.7 Å². The Balaban J connectivity index is 0.000000266. The maximum absolute atomic E-state index is 9.67. The summed E-state index contributed by atoms with van der Waals surface area (Å²) in [5, 5.41) is 23.4. The largest absolute Gasteiger partial charge is 1.00 e. The van der Waals surface area contributed by atoms with Crippen molar-refractivity contribution in [2.45, 2.75) is 168 Å². The number of rotatable bonds is 11. The van der Waals surface area contributed by atoms with Gasteiger partial charge in [0.25, 0.3) is 23.3 Å². The molecule has 0 radical (unpaired) electrons. The quantitative estimate of drug-likeness (QED) is 0.112. The van der Waals surface area contributed by atoms with Crippen molar-refractivity contribution in [1.29, 1.82) is 0 Å². The number of fused-ring (bicyclic) bond motifs is 9. The van der Waals surface area contributed by atoms with E-state index in [4.69, 9.17) is 20.0 Å². The van der Waals surface area contributed by atoms with Gasteiger partial charge in [0.1, 0.15) is 35.8 Å². The molecule has 0 saturated heterocycles. The van der Waals surface area contributed by atoms with Gasteiger partial charge >= 0.3 is 43.5 Å². The van der Waals surface area contributed by atoms with Crippen LogP contribution in [0.25, 0.3) is 17.1 Å². The molecule has 0 saturated carbocycles. The Kier molecular flexibility index (Phi) is 42.7. The number of aromatic nitrogens is 15. The Morgan fingerprint density at radius 3 is 1.02 bits per heavy atom. The van der Waals surface area contributed by atoms with Crippen molar-refractivity contribution in [1.82, 2.24) is 48.9 Å². The van der Waals surface area contributed by atoms with E-state index in [2.05, 4.69) is 316 Å². The summed E-state index contributed by atoms with van der Waals surface area (Å²) in [7, 11) is -14.4. The van der Waals surface area contributed by atoms with Gasteiger partial charge in [0.2, 0.25) is 31.6 Å². The van der Waals surface area contributed by atoms with Crippen LogP contribution < -0.4 is 46.4 Å². The van der Waals surface area contributed by atoms with Crippen molar-refractivity contribution in [2.75, 3.05) is 0 Å². The van der Waals surface area contributed by atoms with Crippen molar-refractivity contribution >= 4 is 37.7 Å². The SMILES string of the molecule is Cc1cc(C)c(-n2c[n+]3c(n2)CC[C@@H]3Cc2ccccc2)c(C)c1.Cc1ccc(-n2c[n+]3c(n2)CC[C@@H]3Cc2ccccc2)cc1.Cc1cccc(C)c1-n1c[n+]2c(n1)CC[C@@H]2Cc1ccccc1.Cn1c[n+]2c(n1)CC[C@@H]2Cc1ccccc1.Cn1c[n+]2c(n1)COC1Cc3ccccc3[C@@H]12.FB(F)F.FB(F)F.FB(F)F.FB(F)F.FB(F)F.[F-].[F-].[F-].[F-].[F-]. The van der Waals surface area contributed by atoms with E-state index >= 15 is 0 Å². The molecule has 0 spiro atoms. The minimum absolute atomic E-state index is 0. The molecule has 676 valence electrons. The monoisotopic (exact) mass is 1790 g/mol. The molecule has 5 aliphatic heterocycles. The Morgan fingerprint density at radius 2 is 0.638 bits per heavy atom. The summed E-state index contributed by atoms with van der Waals surface area (Å²) in [5.74, 6) is 5.85. The van der Waals surface area contributed by atoms with E-state index in [0.29, 0.717) is 36.8 Å². The normalized spacial score (nSPS) is 15.8. The summed E-state index contributed by atoms with van der Waals surface area (Å²) < 4.78 is 173. The average Bonchev–Trinajstić information content (AvgIpc) is 1.62. The number of nitrogens with zero attached hydrogens (tertiary/aromatic N) is 15. The number of halogens is 20. The molecule has 0 fully saturated rings. The van der Waals surface area contributed by atoms with E-state index < -0.39 is 37.7 Å². The van der Waals surface area contributed by atoms with Gasteiger partial charge in [0.15, 0.2) is 0 Å². The first-order chi connectivity index (χ1) is 58.4. The van der Waals surface area contributed by atoms with E-state index in [1.165, 1.54) is 127 Å². The summed E-state index contributed by atoms with van der Waals surface area (Å²) in [6.07, 6.45) is 25.4. The number of hydrogen-bond donors (Lipinski definition) is 0. The van der Waals surface area contributed by atoms with E-state index in [-0.39, 0.29) is 29.6 Å². The van der Waals surface area contributed by atoms with Crippen LogP contribution in [-0.4, -0.2) is 92.7 Å². The maximum atomic E-state index is 9.67. The maximum Gasteiger partial charge on any atom is 0.762 e. The molecule has 6 atom stereocenters. The Bertz CT molecular complexity index is 5310. The van der Waals surface area contributed by atoms with Crippen LogP contribution in [0.5, 0.6) is 0 Å². The van der Waals surface area contributed by atoms with Crippen LogP contribution in [0.1, 0.15) is 152 Å².